The summed E-state index contributed by atoms with van der Waals surface area (Å²) in [6.45, 7) is 3.38. The van der Waals surface area contributed by atoms with Crippen molar-refractivity contribution in [1.29, 1.82) is 5.26 Å². The van der Waals surface area contributed by atoms with E-state index in [0.29, 0.717) is 53.8 Å². The second-order valence-corrected chi connectivity index (χ2v) is 8.96. The van der Waals surface area contributed by atoms with Crippen LogP contribution in [0.1, 0.15) is 42.7 Å². The standard InChI is InChI=1S/C27H30N6O3/c1-34-26-22(18-6-11-29-12-7-18)3-5-25(32-26)33-27-30-13-8-23(31-27)19-2-4-24(20(16-19)17-28)36-21-9-14-35-15-10-21/h2-5,8,13,16,18,21,29H,6-7,9-12,14-15H2,1H3,(H,30,31,32,33). The molecule has 0 saturated carbocycles. The Balaban J connectivity index is 1.33. The zero-order valence-electron chi connectivity index (χ0n) is 20.4. The van der Waals surface area contributed by atoms with E-state index in [1.165, 1.54) is 0 Å². The van der Waals surface area contributed by atoms with Crippen molar-refractivity contribution in [2.45, 2.75) is 37.7 Å². The zero-order valence-corrected chi connectivity index (χ0v) is 20.4. The lowest BCUT2D eigenvalue weighted by Gasteiger charge is -2.24. The molecule has 0 spiro atoms. The van der Waals surface area contributed by atoms with Crippen molar-refractivity contribution in [2.24, 2.45) is 0 Å². The summed E-state index contributed by atoms with van der Waals surface area (Å²) in [7, 11) is 1.65. The summed E-state index contributed by atoms with van der Waals surface area (Å²) in [4.78, 5) is 13.7. The minimum Gasteiger partial charge on any atom is -0.489 e. The third-order valence-corrected chi connectivity index (χ3v) is 6.62. The number of nitrogens with zero attached hydrogens (tertiary/aromatic N) is 4. The summed E-state index contributed by atoms with van der Waals surface area (Å²) in [5.41, 5.74) is 3.11. The predicted octanol–water partition coefficient (Wildman–Crippen LogP) is 4.19. The third-order valence-electron chi connectivity index (χ3n) is 6.62. The molecule has 0 atom stereocenters. The van der Waals surface area contributed by atoms with E-state index in [9.17, 15) is 5.26 Å². The number of methoxy groups -OCH3 is 1. The molecule has 5 rings (SSSR count). The minimum absolute atomic E-state index is 0.0669. The van der Waals surface area contributed by atoms with Crippen molar-refractivity contribution in [3.05, 3.63) is 53.7 Å². The number of pyridine rings is 1. The molecule has 4 heterocycles. The minimum atomic E-state index is 0.0669. The largest absolute Gasteiger partial charge is 0.489 e. The summed E-state index contributed by atoms with van der Waals surface area (Å²) < 4.78 is 17.1. The van der Waals surface area contributed by atoms with Gasteiger partial charge >= 0.3 is 0 Å². The Labute approximate surface area is 210 Å². The number of ether oxygens (including phenoxy) is 3. The van der Waals surface area contributed by atoms with Crippen LogP contribution < -0.4 is 20.1 Å². The van der Waals surface area contributed by atoms with Crippen molar-refractivity contribution in [1.82, 2.24) is 20.3 Å². The van der Waals surface area contributed by atoms with E-state index in [0.717, 1.165) is 49.9 Å². The average Bonchev–Trinajstić information content (AvgIpc) is 2.94. The number of nitriles is 1. The van der Waals surface area contributed by atoms with Crippen LogP contribution in [0.2, 0.25) is 0 Å². The topological polar surface area (TPSA) is 114 Å². The molecule has 36 heavy (non-hydrogen) atoms. The van der Waals surface area contributed by atoms with E-state index in [2.05, 4.69) is 37.7 Å². The van der Waals surface area contributed by atoms with Crippen LogP contribution in [0.3, 0.4) is 0 Å². The molecular weight excluding hydrogens is 456 g/mol. The molecule has 2 saturated heterocycles. The monoisotopic (exact) mass is 486 g/mol. The van der Waals surface area contributed by atoms with E-state index in [1.807, 2.05) is 24.3 Å². The normalized spacial score (nSPS) is 16.8. The second-order valence-electron chi connectivity index (χ2n) is 8.96. The van der Waals surface area contributed by atoms with Gasteiger partial charge in [-0.15, -0.1) is 0 Å². The highest BCUT2D eigenvalue weighted by Gasteiger charge is 2.21. The van der Waals surface area contributed by atoms with Crippen LogP contribution in [0.5, 0.6) is 11.6 Å². The van der Waals surface area contributed by atoms with Crippen LogP contribution >= 0.6 is 0 Å². The quantitative estimate of drug-likeness (QED) is 0.507. The van der Waals surface area contributed by atoms with Gasteiger partial charge in [-0.05, 0) is 68.2 Å². The molecule has 0 radical (unpaired) electrons. The molecule has 0 amide bonds. The molecule has 186 valence electrons. The first-order valence-corrected chi connectivity index (χ1v) is 12.4. The van der Waals surface area contributed by atoms with Gasteiger partial charge in [-0.2, -0.15) is 10.2 Å². The van der Waals surface area contributed by atoms with Gasteiger partial charge in [0.1, 0.15) is 23.7 Å². The van der Waals surface area contributed by atoms with Crippen molar-refractivity contribution >= 4 is 11.8 Å². The van der Waals surface area contributed by atoms with Gasteiger partial charge in [0.25, 0.3) is 0 Å². The molecule has 3 aromatic rings. The fraction of sp³-hybridized carbons (Fsp3) is 0.407. The smallest absolute Gasteiger partial charge is 0.228 e. The number of nitrogens with one attached hydrogen (secondary N) is 2. The van der Waals surface area contributed by atoms with Gasteiger partial charge in [0, 0.05) is 30.2 Å². The van der Waals surface area contributed by atoms with Gasteiger partial charge in [-0.25, -0.2) is 9.97 Å². The maximum Gasteiger partial charge on any atom is 0.228 e. The van der Waals surface area contributed by atoms with E-state index in [4.69, 9.17) is 14.2 Å². The molecule has 9 heteroatoms. The van der Waals surface area contributed by atoms with E-state index in [-0.39, 0.29) is 6.10 Å². The maximum absolute atomic E-state index is 9.71. The van der Waals surface area contributed by atoms with Crippen LogP contribution in [0.25, 0.3) is 11.3 Å². The summed E-state index contributed by atoms with van der Waals surface area (Å²) in [6.07, 6.45) is 5.54. The number of benzene rings is 1. The first-order chi connectivity index (χ1) is 17.7. The number of piperidine rings is 1. The van der Waals surface area contributed by atoms with Gasteiger partial charge in [0.2, 0.25) is 11.8 Å². The number of hydrogen-bond acceptors (Lipinski definition) is 9. The molecule has 9 nitrogen and oxygen atoms in total. The number of hydrogen-bond donors (Lipinski definition) is 2. The lowest BCUT2D eigenvalue weighted by atomic mass is 9.91. The molecule has 2 aromatic heterocycles. The fourth-order valence-corrected chi connectivity index (χ4v) is 4.68. The molecule has 2 aliphatic heterocycles. The summed E-state index contributed by atoms with van der Waals surface area (Å²) in [5, 5.41) is 16.3. The predicted molar refractivity (Wildman–Crippen MR) is 136 cm³/mol. The van der Waals surface area contributed by atoms with Gasteiger partial charge in [-0.1, -0.05) is 0 Å². The van der Waals surface area contributed by atoms with Gasteiger partial charge < -0.3 is 24.8 Å². The molecule has 0 unspecified atom stereocenters. The second kappa shape index (κ2) is 11.3. The van der Waals surface area contributed by atoms with E-state index < -0.39 is 0 Å². The highest BCUT2D eigenvalue weighted by molar-refractivity contribution is 5.65. The first-order valence-electron chi connectivity index (χ1n) is 12.4. The third kappa shape index (κ3) is 5.56. The summed E-state index contributed by atoms with van der Waals surface area (Å²) in [6, 6.07) is 13.6. The Morgan fingerprint density at radius 3 is 2.67 bits per heavy atom. The molecule has 2 aliphatic rings. The molecule has 0 bridgehead atoms. The zero-order chi connectivity index (χ0) is 24.7. The Morgan fingerprint density at radius 2 is 1.89 bits per heavy atom. The van der Waals surface area contributed by atoms with E-state index in [1.54, 1.807) is 19.4 Å². The SMILES string of the molecule is COc1nc(Nc2nccc(-c3ccc(OC4CCOCC4)c(C#N)c3)n2)ccc1C1CCNCC1. The highest BCUT2D eigenvalue weighted by atomic mass is 16.5. The van der Waals surface area contributed by atoms with Crippen LogP contribution in [-0.2, 0) is 4.74 Å². The van der Waals surface area contributed by atoms with Crippen molar-refractivity contribution in [3.63, 3.8) is 0 Å². The Bertz CT molecular complexity index is 1230. The van der Waals surface area contributed by atoms with Crippen LogP contribution in [0.4, 0.5) is 11.8 Å². The lowest BCUT2D eigenvalue weighted by Crippen LogP contribution is -2.27. The van der Waals surface area contributed by atoms with Crippen LogP contribution in [-0.4, -0.2) is 54.5 Å². The van der Waals surface area contributed by atoms with E-state index >= 15 is 0 Å². The first kappa shape index (κ1) is 24.0. The van der Waals surface area contributed by atoms with Gasteiger partial charge in [0.15, 0.2) is 0 Å². The molecule has 1 aromatic carbocycles. The number of aromatic nitrogens is 3. The van der Waals surface area contributed by atoms with Gasteiger partial charge in [-0.3, -0.25) is 0 Å². The highest BCUT2D eigenvalue weighted by Crippen LogP contribution is 2.33. The Kier molecular flexibility index (Phi) is 7.55. The van der Waals surface area contributed by atoms with Gasteiger partial charge in [0.05, 0.1) is 31.6 Å². The summed E-state index contributed by atoms with van der Waals surface area (Å²) >= 11 is 0. The van der Waals surface area contributed by atoms with Crippen molar-refractivity contribution in [2.75, 3.05) is 38.7 Å². The molecule has 2 fully saturated rings. The number of anilines is 2. The number of rotatable bonds is 7. The average molecular weight is 487 g/mol. The summed E-state index contributed by atoms with van der Waals surface area (Å²) in [5.74, 6) is 2.68. The maximum atomic E-state index is 9.71. The Hall–Kier alpha value is -3.74. The van der Waals surface area contributed by atoms with Crippen molar-refractivity contribution < 1.29 is 14.2 Å². The fourth-order valence-electron chi connectivity index (χ4n) is 4.68. The molecule has 0 aliphatic carbocycles. The lowest BCUT2D eigenvalue weighted by molar-refractivity contribution is 0.0254. The van der Waals surface area contributed by atoms with Crippen LogP contribution in [0.15, 0.2) is 42.6 Å². The molecular formula is C27H30N6O3. The Morgan fingerprint density at radius 1 is 1.06 bits per heavy atom. The van der Waals surface area contributed by atoms with Crippen LogP contribution in [0, 0.1) is 11.3 Å². The molecule has 2 N–H and O–H groups in total. The van der Waals surface area contributed by atoms with Crippen molar-refractivity contribution in [3.8, 4) is 29.0 Å².